The van der Waals surface area contributed by atoms with Crippen LogP contribution in [0.1, 0.15) is 6.92 Å². The molecule has 3 heterocycles. The van der Waals surface area contributed by atoms with Crippen molar-refractivity contribution in [3.8, 4) is 5.75 Å². The van der Waals surface area contributed by atoms with Gasteiger partial charge in [0.2, 0.25) is 5.91 Å². The van der Waals surface area contributed by atoms with Crippen molar-refractivity contribution in [3.05, 3.63) is 42.0 Å². The third kappa shape index (κ3) is 4.07. The molecule has 0 aliphatic carbocycles. The number of para-hydroxylation sites is 2. The van der Waals surface area contributed by atoms with Crippen LogP contribution in [0.25, 0.3) is 10.2 Å². The summed E-state index contributed by atoms with van der Waals surface area (Å²) in [6, 6.07) is 10.1. The molecule has 6 nitrogen and oxygen atoms in total. The van der Waals surface area contributed by atoms with Crippen molar-refractivity contribution in [3.63, 3.8) is 0 Å². The molecule has 0 spiro atoms. The molecule has 146 valence electrons. The molecule has 0 bridgehead atoms. The summed E-state index contributed by atoms with van der Waals surface area (Å²) in [5.41, 5.74) is 1.10. The number of hydrogen-bond donors (Lipinski definition) is 0. The number of ether oxygens (including phenoxy) is 1. The van der Waals surface area contributed by atoms with Gasteiger partial charge in [0, 0.05) is 31.6 Å². The molecule has 2 aromatic heterocycles. The molecule has 0 atom stereocenters. The van der Waals surface area contributed by atoms with Gasteiger partial charge < -0.3 is 14.5 Å². The molecule has 1 aromatic carbocycles. The third-order valence-electron chi connectivity index (χ3n) is 4.70. The molecule has 1 aliphatic heterocycles. The zero-order chi connectivity index (χ0) is 19.3. The van der Waals surface area contributed by atoms with Crippen molar-refractivity contribution in [2.45, 2.75) is 11.9 Å². The average molecular weight is 415 g/mol. The topological polar surface area (TPSA) is 58.6 Å². The zero-order valence-electron chi connectivity index (χ0n) is 15.7. The minimum absolute atomic E-state index is 0.157. The smallest absolute Gasteiger partial charge is 0.233 e. The Kier molecular flexibility index (Phi) is 5.97. The molecule has 4 rings (SSSR count). The average Bonchev–Trinajstić information content (AvgIpc) is 3.22. The second kappa shape index (κ2) is 8.79. The Balaban J connectivity index is 1.34. The Labute approximate surface area is 172 Å². The van der Waals surface area contributed by atoms with Gasteiger partial charge in [-0.3, -0.25) is 4.79 Å². The summed E-state index contributed by atoms with van der Waals surface area (Å²) in [6.07, 6.45) is 1.57. The highest BCUT2D eigenvalue weighted by Gasteiger charge is 2.23. The molecule has 1 aliphatic rings. The molecule has 0 unspecified atom stereocenters. The minimum atomic E-state index is 0.157. The Bertz CT molecular complexity index is 954. The van der Waals surface area contributed by atoms with Gasteiger partial charge in [-0.2, -0.15) is 0 Å². The molecule has 3 aromatic rings. The first-order chi connectivity index (χ1) is 13.8. The van der Waals surface area contributed by atoms with E-state index in [0.717, 1.165) is 52.9 Å². The van der Waals surface area contributed by atoms with Gasteiger partial charge >= 0.3 is 0 Å². The summed E-state index contributed by atoms with van der Waals surface area (Å²) >= 11 is 3.08. The summed E-state index contributed by atoms with van der Waals surface area (Å²) in [4.78, 5) is 26.5. The summed E-state index contributed by atoms with van der Waals surface area (Å²) < 4.78 is 5.74. The lowest BCUT2D eigenvalue weighted by Crippen LogP contribution is -2.49. The normalized spacial score (nSPS) is 14.5. The SMILES string of the molecule is CCOc1ccccc1N1CCN(C(=O)CSc2ncnc3sccc23)CC1. The van der Waals surface area contributed by atoms with Crippen LogP contribution < -0.4 is 9.64 Å². The summed E-state index contributed by atoms with van der Waals surface area (Å²) in [6.45, 7) is 5.69. The summed E-state index contributed by atoms with van der Waals surface area (Å²) in [5.74, 6) is 1.46. The second-order valence-electron chi connectivity index (χ2n) is 6.38. The van der Waals surface area contributed by atoms with E-state index in [1.54, 1.807) is 17.7 Å². The van der Waals surface area contributed by atoms with E-state index in [1.165, 1.54) is 11.8 Å². The molecule has 0 N–H and O–H groups in total. The van der Waals surface area contributed by atoms with E-state index in [0.29, 0.717) is 12.4 Å². The number of piperazine rings is 1. The molecule has 28 heavy (non-hydrogen) atoms. The lowest BCUT2D eigenvalue weighted by atomic mass is 10.2. The Morgan fingerprint density at radius 3 is 2.82 bits per heavy atom. The van der Waals surface area contributed by atoms with Gasteiger partial charge in [0.1, 0.15) is 21.9 Å². The number of rotatable bonds is 6. The van der Waals surface area contributed by atoms with Crippen molar-refractivity contribution in [2.24, 2.45) is 0 Å². The summed E-state index contributed by atoms with van der Waals surface area (Å²) in [5, 5.41) is 3.91. The van der Waals surface area contributed by atoms with Gasteiger partial charge in [-0.05, 0) is 30.5 Å². The van der Waals surface area contributed by atoms with Crippen LogP contribution in [-0.4, -0.2) is 59.3 Å². The second-order valence-corrected chi connectivity index (χ2v) is 8.23. The number of nitrogens with zero attached hydrogens (tertiary/aromatic N) is 4. The maximum absolute atomic E-state index is 12.7. The summed E-state index contributed by atoms with van der Waals surface area (Å²) in [7, 11) is 0. The number of aromatic nitrogens is 2. The number of thioether (sulfide) groups is 1. The van der Waals surface area contributed by atoms with Gasteiger partial charge in [-0.15, -0.1) is 11.3 Å². The first-order valence-electron chi connectivity index (χ1n) is 9.32. The highest BCUT2D eigenvalue weighted by atomic mass is 32.2. The maximum Gasteiger partial charge on any atom is 0.233 e. The number of amides is 1. The van der Waals surface area contributed by atoms with E-state index in [9.17, 15) is 4.79 Å². The first kappa shape index (κ1) is 19.0. The van der Waals surface area contributed by atoms with Crippen LogP contribution in [0.15, 0.2) is 47.1 Å². The zero-order valence-corrected chi connectivity index (χ0v) is 17.3. The first-order valence-corrected chi connectivity index (χ1v) is 11.2. The van der Waals surface area contributed by atoms with E-state index in [1.807, 2.05) is 41.5 Å². The van der Waals surface area contributed by atoms with Crippen molar-refractivity contribution in [1.29, 1.82) is 0 Å². The highest BCUT2D eigenvalue weighted by molar-refractivity contribution is 8.00. The molecule has 0 saturated carbocycles. The van der Waals surface area contributed by atoms with Crippen LogP contribution >= 0.6 is 23.1 Å². The van der Waals surface area contributed by atoms with Crippen molar-refractivity contribution in [2.75, 3.05) is 43.4 Å². The van der Waals surface area contributed by atoms with E-state index >= 15 is 0 Å². The number of carbonyl (C=O) groups excluding carboxylic acids is 1. The predicted molar refractivity (Wildman–Crippen MR) is 115 cm³/mol. The van der Waals surface area contributed by atoms with Gasteiger partial charge in [0.05, 0.1) is 18.0 Å². The van der Waals surface area contributed by atoms with Crippen LogP contribution in [0, 0.1) is 0 Å². The van der Waals surface area contributed by atoms with Crippen molar-refractivity contribution < 1.29 is 9.53 Å². The Morgan fingerprint density at radius 1 is 1.18 bits per heavy atom. The van der Waals surface area contributed by atoms with Crippen LogP contribution in [0.4, 0.5) is 5.69 Å². The molecular weight excluding hydrogens is 392 g/mol. The van der Waals surface area contributed by atoms with Crippen LogP contribution in [-0.2, 0) is 4.79 Å². The van der Waals surface area contributed by atoms with Crippen LogP contribution in [0.3, 0.4) is 0 Å². The van der Waals surface area contributed by atoms with Crippen molar-refractivity contribution >= 4 is 44.9 Å². The Morgan fingerprint density at radius 2 is 2.00 bits per heavy atom. The molecule has 1 amide bonds. The van der Waals surface area contributed by atoms with Crippen molar-refractivity contribution in [1.82, 2.24) is 14.9 Å². The standard InChI is InChI=1S/C20H22N4O2S2/c1-2-26-17-6-4-3-5-16(17)23-8-10-24(11-9-23)18(25)13-28-20-15-7-12-27-19(15)21-14-22-20/h3-7,12,14H,2,8-11,13H2,1H3. The highest BCUT2D eigenvalue weighted by Crippen LogP contribution is 2.30. The molecule has 0 radical (unpaired) electrons. The molecule has 1 saturated heterocycles. The largest absolute Gasteiger partial charge is 0.492 e. The van der Waals surface area contributed by atoms with E-state index in [2.05, 4.69) is 20.9 Å². The number of anilines is 1. The van der Waals surface area contributed by atoms with Gasteiger partial charge in [0.15, 0.2) is 0 Å². The fourth-order valence-electron chi connectivity index (χ4n) is 3.30. The number of thiophene rings is 1. The number of benzene rings is 1. The minimum Gasteiger partial charge on any atom is -0.492 e. The molecular formula is C20H22N4O2S2. The lowest BCUT2D eigenvalue weighted by Gasteiger charge is -2.36. The monoisotopic (exact) mass is 414 g/mol. The third-order valence-corrected chi connectivity index (χ3v) is 6.51. The number of fused-ring (bicyclic) bond motifs is 1. The van der Waals surface area contributed by atoms with Crippen LogP contribution in [0.2, 0.25) is 0 Å². The maximum atomic E-state index is 12.7. The quantitative estimate of drug-likeness (QED) is 0.454. The van der Waals surface area contributed by atoms with E-state index in [-0.39, 0.29) is 5.91 Å². The molecule has 8 heteroatoms. The fourth-order valence-corrected chi connectivity index (χ4v) is 4.98. The van der Waals surface area contributed by atoms with E-state index in [4.69, 9.17) is 4.74 Å². The predicted octanol–water partition coefficient (Wildman–Crippen LogP) is 3.53. The van der Waals surface area contributed by atoms with E-state index < -0.39 is 0 Å². The van der Waals surface area contributed by atoms with Gasteiger partial charge in [-0.1, -0.05) is 23.9 Å². The number of hydrogen-bond acceptors (Lipinski definition) is 7. The Hall–Kier alpha value is -2.32. The lowest BCUT2D eigenvalue weighted by molar-refractivity contribution is -0.128. The van der Waals surface area contributed by atoms with Crippen LogP contribution in [0.5, 0.6) is 5.75 Å². The van der Waals surface area contributed by atoms with Gasteiger partial charge in [-0.25, -0.2) is 9.97 Å². The fraction of sp³-hybridized carbons (Fsp3) is 0.350. The molecule has 1 fully saturated rings. The number of carbonyl (C=O) groups is 1. The van der Waals surface area contributed by atoms with Gasteiger partial charge in [0.25, 0.3) is 0 Å².